The third-order valence-corrected chi connectivity index (χ3v) is 6.17. The lowest BCUT2D eigenvalue weighted by Crippen LogP contribution is -2.30. The third-order valence-electron chi connectivity index (χ3n) is 5.86. The van der Waals surface area contributed by atoms with Gasteiger partial charge in [-0.3, -0.25) is 4.79 Å². The highest BCUT2D eigenvalue weighted by molar-refractivity contribution is 6.35. The quantitative estimate of drug-likeness (QED) is 0.839. The minimum Gasteiger partial charge on any atom is -0.355 e. The third kappa shape index (κ3) is 4.04. The molecule has 0 radical (unpaired) electrons. The number of nitrogens with zero attached hydrogens (tertiary/aromatic N) is 2. The Kier molecular flexibility index (Phi) is 5.50. The number of benzene rings is 1. The molecule has 3 N–H and O–H groups in total. The molecule has 4 rings (SSSR count). The highest BCUT2D eigenvalue weighted by atomic mass is 35.5. The molecular formula is C21H27ClN4O. The summed E-state index contributed by atoms with van der Waals surface area (Å²) < 4.78 is 0. The van der Waals surface area contributed by atoms with Gasteiger partial charge < -0.3 is 16.0 Å². The summed E-state index contributed by atoms with van der Waals surface area (Å²) in [5, 5.41) is 4.37. The first kappa shape index (κ1) is 18.5. The summed E-state index contributed by atoms with van der Waals surface area (Å²) in [6.45, 7) is 2.46. The molecule has 2 fully saturated rings. The number of hydrogen-bond donors (Lipinski definition) is 2. The second-order valence-electron chi connectivity index (χ2n) is 7.87. The lowest BCUT2D eigenvalue weighted by molar-refractivity contribution is 0.0945. The fourth-order valence-corrected chi connectivity index (χ4v) is 4.54. The normalized spacial score (nSPS) is 21.0. The number of halogens is 1. The van der Waals surface area contributed by atoms with Gasteiger partial charge in [-0.05, 0) is 49.4 Å². The van der Waals surface area contributed by atoms with Gasteiger partial charge in [-0.2, -0.15) is 0 Å². The van der Waals surface area contributed by atoms with Gasteiger partial charge in [0.25, 0.3) is 5.91 Å². The van der Waals surface area contributed by atoms with Crippen molar-refractivity contribution in [1.29, 1.82) is 0 Å². The maximum absolute atomic E-state index is 12.9. The number of nitrogens with one attached hydrogen (secondary N) is 1. The predicted molar refractivity (Wildman–Crippen MR) is 110 cm³/mol. The number of fused-ring (bicyclic) bond motifs is 1. The number of carbonyl (C=O) groups excluding carboxylic acids is 1. The van der Waals surface area contributed by atoms with Gasteiger partial charge in [0.2, 0.25) is 0 Å². The highest BCUT2D eigenvalue weighted by Gasteiger charge is 2.22. The van der Waals surface area contributed by atoms with Crippen LogP contribution in [0.2, 0.25) is 5.02 Å². The summed E-state index contributed by atoms with van der Waals surface area (Å²) in [5.41, 5.74) is 7.34. The van der Waals surface area contributed by atoms with Crippen LogP contribution in [0.4, 0.5) is 5.82 Å². The Bertz CT molecular complexity index is 834. The highest BCUT2D eigenvalue weighted by Crippen LogP contribution is 2.29. The molecule has 1 saturated heterocycles. The number of rotatable bonds is 4. The van der Waals surface area contributed by atoms with Crippen molar-refractivity contribution in [3.8, 4) is 0 Å². The summed E-state index contributed by atoms with van der Waals surface area (Å²) in [7, 11) is 0. The summed E-state index contributed by atoms with van der Waals surface area (Å²) in [6.07, 6.45) is 7.23. The fraction of sp³-hybridized carbons (Fsp3) is 0.524. The minimum absolute atomic E-state index is 0.103. The first-order valence-corrected chi connectivity index (χ1v) is 10.4. The van der Waals surface area contributed by atoms with E-state index in [2.05, 4.69) is 10.2 Å². The first-order chi connectivity index (χ1) is 13.1. The zero-order valence-electron chi connectivity index (χ0n) is 15.6. The molecule has 27 heavy (non-hydrogen) atoms. The number of pyridine rings is 1. The Hall–Kier alpha value is -1.85. The molecular weight excluding hydrogens is 360 g/mol. The number of nitrogens with two attached hydrogens (primary N) is 1. The van der Waals surface area contributed by atoms with E-state index in [0.29, 0.717) is 16.5 Å². The summed E-state index contributed by atoms with van der Waals surface area (Å²) in [6, 6.07) is 7.78. The van der Waals surface area contributed by atoms with E-state index in [1.165, 1.54) is 32.1 Å². The van der Waals surface area contributed by atoms with Crippen molar-refractivity contribution in [1.82, 2.24) is 10.3 Å². The second kappa shape index (κ2) is 8.03. The molecule has 0 unspecified atom stereocenters. The van der Waals surface area contributed by atoms with Gasteiger partial charge in [0, 0.05) is 31.1 Å². The molecule has 5 nitrogen and oxygen atoms in total. The molecule has 1 amide bonds. The van der Waals surface area contributed by atoms with Gasteiger partial charge in [0.05, 0.1) is 16.1 Å². The van der Waals surface area contributed by atoms with E-state index in [0.717, 1.165) is 42.8 Å². The van der Waals surface area contributed by atoms with E-state index in [9.17, 15) is 4.79 Å². The summed E-state index contributed by atoms with van der Waals surface area (Å²) in [4.78, 5) is 19.8. The number of hydrogen-bond acceptors (Lipinski definition) is 4. The largest absolute Gasteiger partial charge is 0.355 e. The number of anilines is 1. The zero-order valence-corrected chi connectivity index (χ0v) is 16.3. The van der Waals surface area contributed by atoms with E-state index >= 15 is 0 Å². The van der Waals surface area contributed by atoms with E-state index in [1.807, 2.05) is 18.2 Å². The molecule has 2 aromatic rings. The Morgan fingerprint density at radius 2 is 2.00 bits per heavy atom. The Morgan fingerprint density at radius 3 is 2.74 bits per heavy atom. The van der Waals surface area contributed by atoms with Crippen LogP contribution in [-0.2, 0) is 0 Å². The standard InChI is InChI=1S/C21H27ClN4O/c22-17-7-8-18-16(6-9-19(25-18)26-11-10-15(23)13-26)20(17)21(27)24-12-14-4-2-1-3-5-14/h6-9,14-15H,1-5,10-13,23H2,(H,24,27)/t15-/m1/s1. The lowest BCUT2D eigenvalue weighted by atomic mass is 9.89. The van der Waals surface area contributed by atoms with Crippen LogP contribution < -0.4 is 16.0 Å². The van der Waals surface area contributed by atoms with Crippen molar-refractivity contribution in [2.45, 2.75) is 44.6 Å². The van der Waals surface area contributed by atoms with Gasteiger partial charge in [-0.25, -0.2) is 4.98 Å². The molecule has 1 aromatic carbocycles. The molecule has 1 atom stereocenters. The fourth-order valence-electron chi connectivity index (χ4n) is 4.29. The van der Waals surface area contributed by atoms with Crippen LogP contribution >= 0.6 is 11.6 Å². The molecule has 1 aromatic heterocycles. The molecule has 2 aliphatic rings. The SMILES string of the molecule is N[C@@H]1CCN(c2ccc3c(C(=O)NCC4CCCCC4)c(Cl)ccc3n2)C1. The van der Waals surface area contributed by atoms with E-state index in [4.69, 9.17) is 22.3 Å². The van der Waals surface area contributed by atoms with Gasteiger partial charge in [0.1, 0.15) is 5.82 Å². The summed E-state index contributed by atoms with van der Waals surface area (Å²) in [5.74, 6) is 1.39. The van der Waals surface area contributed by atoms with Gasteiger partial charge in [0.15, 0.2) is 0 Å². The van der Waals surface area contributed by atoms with Crippen LogP contribution in [0, 0.1) is 5.92 Å². The van der Waals surface area contributed by atoms with Crippen LogP contribution in [0.25, 0.3) is 10.9 Å². The molecule has 1 aliphatic heterocycles. The van der Waals surface area contributed by atoms with Crippen molar-refractivity contribution >= 4 is 34.2 Å². The Morgan fingerprint density at radius 1 is 1.19 bits per heavy atom. The Labute approximate surface area is 165 Å². The lowest BCUT2D eigenvalue weighted by Gasteiger charge is -2.22. The van der Waals surface area contributed by atoms with Crippen LogP contribution in [0.1, 0.15) is 48.9 Å². The molecule has 144 valence electrons. The average Bonchev–Trinajstić information content (AvgIpc) is 3.13. The van der Waals surface area contributed by atoms with Crippen molar-refractivity contribution in [3.05, 3.63) is 34.9 Å². The van der Waals surface area contributed by atoms with Crippen LogP contribution in [0.3, 0.4) is 0 Å². The Balaban J connectivity index is 1.55. The maximum Gasteiger partial charge on any atom is 0.253 e. The minimum atomic E-state index is -0.103. The number of amides is 1. The van der Waals surface area contributed by atoms with Crippen molar-refractivity contribution < 1.29 is 4.79 Å². The van der Waals surface area contributed by atoms with Gasteiger partial charge >= 0.3 is 0 Å². The summed E-state index contributed by atoms with van der Waals surface area (Å²) >= 11 is 6.39. The number of aromatic nitrogens is 1. The maximum atomic E-state index is 12.9. The second-order valence-corrected chi connectivity index (χ2v) is 8.27. The van der Waals surface area contributed by atoms with E-state index in [1.54, 1.807) is 6.07 Å². The smallest absolute Gasteiger partial charge is 0.253 e. The molecule has 6 heteroatoms. The van der Waals surface area contributed by atoms with Crippen LogP contribution in [0.5, 0.6) is 0 Å². The molecule has 1 saturated carbocycles. The molecule has 0 spiro atoms. The van der Waals surface area contributed by atoms with Crippen molar-refractivity contribution in [2.24, 2.45) is 11.7 Å². The van der Waals surface area contributed by atoms with E-state index in [-0.39, 0.29) is 11.9 Å². The van der Waals surface area contributed by atoms with Crippen molar-refractivity contribution in [3.63, 3.8) is 0 Å². The van der Waals surface area contributed by atoms with E-state index < -0.39 is 0 Å². The topological polar surface area (TPSA) is 71.2 Å². The zero-order chi connectivity index (χ0) is 18.8. The monoisotopic (exact) mass is 386 g/mol. The average molecular weight is 387 g/mol. The first-order valence-electron chi connectivity index (χ1n) is 10.00. The van der Waals surface area contributed by atoms with Crippen LogP contribution in [0.15, 0.2) is 24.3 Å². The molecule has 0 bridgehead atoms. The number of carbonyl (C=O) groups is 1. The molecule has 1 aliphatic carbocycles. The van der Waals surface area contributed by atoms with Gasteiger partial charge in [-0.1, -0.05) is 30.9 Å². The van der Waals surface area contributed by atoms with Crippen molar-refractivity contribution in [2.75, 3.05) is 24.5 Å². The van der Waals surface area contributed by atoms with Crippen LogP contribution in [-0.4, -0.2) is 36.6 Å². The molecule has 2 heterocycles. The van der Waals surface area contributed by atoms with Gasteiger partial charge in [-0.15, -0.1) is 0 Å². The predicted octanol–water partition coefficient (Wildman–Crippen LogP) is 3.74.